The number of hydrogen-bond acceptors (Lipinski definition) is 0. The lowest BCUT2D eigenvalue weighted by Gasteiger charge is -1.94. The largest absolute Gasteiger partial charge is 0.0654 e. The molecule has 4 heteroatoms. The summed E-state index contributed by atoms with van der Waals surface area (Å²) in [4.78, 5) is 0. The maximum atomic E-state index is 3.51. The van der Waals surface area contributed by atoms with Crippen LogP contribution < -0.4 is 0 Å². The van der Waals surface area contributed by atoms with E-state index in [2.05, 4.69) is 16.7 Å². The summed E-state index contributed by atoms with van der Waals surface area (Å²) in [5.74, 6) is 0. The van der Waals surface area contributed by atoms with Gasteiger partial charge in [0.25, 0.3) is 0 Å². The Morgan fingerprint density at radius 2 is 2.11 bits per heavy atom. The van der Waals surface area contributed by atoms with E-state index >= 15 is 0 Å². The summed E-state index contributed by atoms with van der Waals surface area (Å²) in [7, 11) is 6.95. The van der Waals surface area contributed by atoms with Crippen LogP contribution in [0.25, 0.3) is 0 Å². The van der Waals surface area contributed by atoms with Crippen LogP contribution in [-0.4, -0.2) is 35.9 Å². The molecule has 47 valence electrons. The molecular formula is C5H11Si4. The zero-order chi connectivity index (χ0) is 6.95. The molecule has 0 aliphatic carbocycles. The number of hydrogen-bond donors (Lipinski definition) is 0. The lowest BCUT2D eigenvalue weighted by molar-refractivity contribution is 0.770. The Morgan fingerprint density at radius 3 is 2.67 bits per heavy atom. The van der Waals surface area contributed by atoms with Crippen molar-refractivity contribution in [3.63, 3.8) is 0 Å². The van der Waals surface area contributed by atoms with Gasteiger partial charge < -0.3 is 0 Å². The second-order valence-corrected chi connectivity index (χ2v) is 10.3. The van der Waals surface area contributed by atoms with Gasteiger partial charge in [-0.1, -0.05) is 32.2 Å². The van der Waals surface area contributed by atoms with Crippen LogP contribution in [0.3, 0.4) is 0 Å². The van der Waals surface area contributed by atoms with Crippen molar-refractivity contribution in [2.24, 2.45) is 0 Å². The highest BCUT2D eigenvalue weighted by molar-refractivity contribution is 7.41. The van der Waals surface area contributed by atoms with Crippen LogP contribution in [0.5, 0.6) is 0 Å². The molecule has 0 aromatic carbocycles. The molecule has 0 atom stereocenters. The van der Waals surface area contributed by atoms with Gasteiger partial charge in [-0.3, -0.25) is 0 Å². The molecule has 0 aromatic heterocycles. The first kappa shape index (κ1) is 9.87. The molecule has 0 unspecified atom stereocenters. The third-order valence-corrected chi connectivity index (χ3v) is 9.71. The Bertz CT molecular complexity index is 42.2. The Morgan fingerprint density at radius 1 is 1.33 bits per heavy atom. The van der Waals surface area contributed by atoms with Crippen LogP contribution in [0.2, 0.25) is 6.04 Å². The highest BCUT2D eigenvalue weighted by Gasteiger charge is 1.88. The molecule has 0 saturated heterocycles. The first-order valence-electron chi connectivity index (χ1n) is 3.31. The minimum Gasteiger partial charge on any atom is -0.0654 e. The molecular weight excluding hydrogens is 172 g/mol. The third kappa shape index (κ3) is 8.87. The van der Waals surface area contributed by atoms with Crippen molar-refractivity contribution in [3.8, 4) is 0 Å². The molecule has 0 N–H and O–H groups in total. The Kier molecular flexibility index (Phi) is 9.72. The third-order valence-electron chi connectivity index (χ3n) is 1.06. The van der Waals surface area contributed by atoms with Crippen molar-refractivity contribution >= 4 is 35.9 Å². The summed E-state index contributed by atoms with van der Waals surface area (Å²) in [6.45, 7) is 2.26. The highest BCUT2D eigenvalue weighted by atomic mass is 29.7. The van der Waals surface area contributed by atoms with E-state index in [0.717, 1.165) is 8.55 Å². The molecule has 9 radical (unpaired) electrons. The number of rotatable bonds is 6. The van der Waals surface area contributed by atoms with Crippen LogP contribution in [-0.2, 0) is 0 Å². The minimum absolute atomic E-state index is 1.02. The average molecular weight is 183 g/mol. The molecule has 0 bridgehead atoms. The van der Waals surface area contributed by atoms with Crippen molar-refractivity contribution in [1.29, 1.82) is 0 Å². The highest BCUT2D eigenvalue weighted by Crippen LogP contribution is 1.96. The molecule has 0 amide bonds. The van der Waals surface area contributed by atoms with Crippen molar-refractivity contribution < 1.29 is 0 Å². The number of unbranched alkanes of at least 4 members (excludes halogenated alkanes) is 2. The van der Waals surface area contributed by atoms with E-state index in [0.29, 0.717) is 0 Å². The van der Waals surface area contributed by atoms with Crippen molar-refractivity contribution in [2.45, 2.75) is 32.2 Å². The topological polar surface area (TPSA) is 0 Å². The van der Waals surface area contributed by atoms with E-state index in [4.69, 9.17) is 0 Å². The van der Waals surface area contributed by atoms with E-state index in [1.165, 1.54) is 42.9 Å². The van der Waals surface area contributed by atoms with E-state index < -0.39 is 0 Å². The molecule has 0 fully saturated rings. The smallest absolute Gasteiger partial charge is 0.0180 e. The minimum atomic E-state index is 1.02. The molecule has 0 spiro atoms. The summed E-state index contributed by atoms with van der Waals surface area (Å²) in [5, 5.41) is 0. The van der Waals surface area contributed by atoms with Gasteiger partial charge in [0, 0.05) is 35.9 Å². The summed E-state index contributed by atoms with van der Waals surface area (Å²) >= 11 is 0. The molecule has 0 rings (SSSR count). The van der Waals surface area contributed by atoms with Gasteiger partial charge in [0.05, 0.1) is 0 Å². The summed E-state index contributed by atoms with van der Waals surface area (Å²) in [6, 6.07) is 1.48. The predicted molar refractivity (Wildman–Crippen MR) is 47.3 cm³/mol. The van der Waals surface area contributed by atoms with Gasteiger partial charge in [-0.2, -0.15) is 0 Å². The van der Waals surface area contributed by atoms with Gasteiger partial charge in [-0.25, -0.2) is 0 Å². The van der Waals surface area contributed by atoms with Crippen LogP contribution >= 0.6 is 0 Å². The maximum absolute atomic E-state index is 3.51. The Balaban J connectivity index is 2.60. The zero-order valence-electron chi connectivity index (χ0n) is 5.83. The van der Waals surface area contributed by atoms with Gasteiger partial charge in [0.1, 0.15) is 0 Å². The van der Waals surface area contributed by atoms with E-state index in [1.54, 1.807) is 0 Å². The Labute approximate surface area is 68.5 Å². The quantitative estimate of drug-likeness (QED) is 0.418. The van der Waals surface area contributed by atoms with E-state index in [-0.39, 0.29) is 0 Å². The van der Waals surface area contributed by atoms with Crippen LogP contribution in [0.15, 0.2) is 0 Å². The van der Waals surface area contributed by atoms with Gasteiger partial charge in [-0.05, 0) is 0 Å². The SMILES string of the molecule is CCCCC[Si][Si][Si][Si]. The van der Waals surface area contributed by atoms with E-state index in [9.17, 15) is 0 Å². The fraction of sp³-hybridized carbons (Fsp3) is 1.00. The molecule has 0 nitrogen and oxygen atoms in total. The van der Waals surface area contributed by atoms with Gasteiger partial charge >= 0.3 is 0 Å². The second-order valence-electron chi connectivity index (χ2n) is 1.88. The standard InChI is InChI=1S/C5H11Si4/c1-2-3-4-5-7-9-8-6/h2-5H2,1H3. The van der Waals surface area contributed by atoms with Crippen molar-refractivity contribution in [1.82, 2.24) is 0 Å². The van der Waals surface area contributed by atoms with Crippen molar-refractivity contribution in [2.75, 3.05) is 0 Å². The normalized spacial score (nSPS) is 10.0. The Hall–Kier alpha value is 0.868. The first-order chi connectivity index (χ1) is 4.41. The molecule has 9 heavy (non-hydrogen) atoms. The van der Waals surface area contributed by atoms with Crippen LogP contribution in [0.4, 0.5) is 0 Å². The second kappa shape index (κ2) is 8.87. The van der Waals surface area contributed by atoms with Crippen LogP contribution in [0, 0.1) is 0 Å². The lowest BCUT2D eigenvalue weighted by atomic mass is 10.3. The van der Waals surface area contributed by atoms with Crippen LogP contribution in [0.1, 0.15) is 26.2 Å². The first-order valence-corrected chi connectivity index (χ1v) is 10.0. The van der Waals surface area contributed by atoms with Crippen molar-refractivity contribution in [3.05, 3.63) is 0 Å². The fourth-order valence-electron chi connectivity index (χ4n) is 0.570. The van der Waals surface area contributed by atoms with Gasteiger partial charge in [0.15, 0.2) is 0 Å². The molecule has 0 heterocycles. The molecule has 0 aromatic rings. The summed E-state index contributed by atoms with van der Waals surface area (Å²) in [6.07, 6.45) is 4.25. The van der Waals surface area contributed by atoms with Gasteiger partial charge in [-0.15, -0.1) is 0 Å². The summed E-state index contributed by atoms with van der Waals surface area (Å²) < 4.78 is 0. The molecule has 0 aliphatic heterocycles. The maximum Gasteiger partial charge on any atom is 0.0180 e. The zero-order valence-corrected chi connectivity index (χ0v) is 9.83. The van der Waals surface area contributed by atoms with Gasteiger partial charge in [0.2, 0.25) is 0 Å². The monoisotopic (exact) mass is 183 g/mol. The lowest BCUT2D eigenvalue weighted by Crippen LogP contribution is -2.11. The fourth-order valence-corrected chi connectivity index (χ4v) is 6.69. The van der Waals surface area contributed by atoms with E-state index in [1.807, 2.05) is 0 Å². The molecule has 0 saturated carbocycles. The predicted octanol–water partition coefficient (Wildman–Crippen LogP) is 0.621. The average Bonchev–Trinajstić information content (AvgIpc) is 1.89. The molecule has 0 aliphatic rings. The summed E-state index contributed by atoms with van der Waals surface area (Å²) in [5.41, 5.74) is 0.